The minimum atomic E-state index is 0.509. The van der Waals surface area contributed by atoms with Crippen molar-refractivity contribution in [3.8, 4) is 11.3 Å². The second-order valence-corrected chi connectivity index (χ2v) is 7.19. The van der Waals surface area contributed by atoms with E-state index in [0.29, 0.717) is 5.92 Å². The highest BCUT2D eigenvalue weighted by Crippen LogP contribution is 2.34. The highest BCUT2D eigenvalue weighted by atomic mass is 14.7. The lowest BCUT2D eigenvalue weighted by molar-refractivity contribution is 0.864. The highest BCUT2D eigenvalue weighted by molar-refractivity contribution is 6.11. The standard InChI is InChI=1S/C24H23N/c1-15(2)18-11-12-25-24(14-18)19-9-10-22-21-8-6-5-7-20(21)16(3)17(4)23(22)13-19/h5-15H,1-4H3. The predicted molar refractivity (Wildman–Crippen MR) is 108 cm³/mol. The zero-order chi connectivity index (χ0) is 17.6. The van der Waals surface area contributed by atoms with Crippen LogP contribution in [0.2, 0.25) is 0 Å². The predicted octanol–water partition coefficient (Wildman–Crippen LogP) is 6.80. The van der Waals surface area contributed by atoms with Crippen LogP contribution in [0.5, 0.6) is 0 Å². The fourth-order valence-electron chi connectivity index (χ4n) is 3.66. The van der Waals surface area contributed by atoms with Crippen molar-refractivity contribution in [1.29, 1.82) is 0 Å². The monoisotopic (exact) mass is 325 g/mol. The van der Waals surface area contributed by atoms with E-state index in [0.717, 1.165) is 5.69 Å². The summed E-state index contributed by atoms with van der Waals surface area (Å²) in [5.74, 6) is 0.509. The molecule has 4 rings (SSSR count). The molecule has 1 aromatic heterocycles. The second-order valence-electron chi connectivity index (χ2n) is 7.19. The van der Waals surface area contributed by atoms with Crippen LogP contribution in [0, 0.1) is 13.8 Å². The van der Waals surface area contributed by atoms with Crippen LogP contribution >= 0.6 is 0 Å². The van der Waals surface area contributed by atoms with E-state index in [-0.39, 0.29) is 0 Å². The van der Waals surface area contributed by atoms with E-state index < -0.39 is 0 Å². The van der Waals surface area contributed by atoms with E-state index in [9.17, 15) is 0 Å². The molecule has 0 bridgehead atoms. The van der Waals surface area contributed by atoms with Gasteiger partial charge in [0.15, 0.2) is 0 Å². The second kappa shape index (κ2) is 6.00. The normalized spacial score (nSPS) is 11.6. The van der Waals surface area contributed by atoms with Gasteiger partial charge in [-0.3, -0.25) is 4.98 Å². The van der Waals surface area contributed by atoms with Gasteiger partial charge in [-0.05, 0) is 76.2 Å². The van der Waals surface area contributed by atoms with Crippen LogP contribution < -0.4 is 0 Å². The van der Waals surface area contributed by atoms with E-state index in [1.54, 1.807) is 0 Å². The van der Waals surface area contributed by atoms with Crippen molar-refractivity contribution in [2.24, 2.45) is 0 Å². The van der Waals surface area contributed by atoms with Crippen molar-refractivity contribution < 1.29 is 0 Å². The van der Waals surface area contributed by atoms with Crippen LogP contribution in [-0.4, -0.2) is 4.98 Å². The lowest BCUT2D eigenvalue weighted by Crippen LogP contribution is -1.92. The molecule has 0 atom stereocenters. The van der Waals surface area contributed by atoms with Gasteiger partial charge in [0, 0.05) is 11.8 Å². The summed E-state index contributed by atoms with van der Waals surface area (Å²) >= 11 is 0. The Kier molecular flexibility index (Phi) is 3.80. The molecule has 0 aliphatic heterocycles. The molecular formula is C24H23N. The van der Waals surface area contributed by atoms with Crippen LogP contribution in [0.3, 0.4) is 0 Å². The van der Waals surface area contributed by atoms with Crippen molar-refractivity contribution in [2.45, 2.75) is 33.6 Å². The number of aryl methyl sites for hydroxylation is 2. The Morgan fingerprint density at radius 1 is 0.720 bits per heavy atom. The van der Waals surface area contributed by atoms with Gasteiger partial charge in [-0.25, -0.2) is 0 Å². The maximum atomic E-state index is 4.61. The topological polar surface area (TPSA) is 12.9 Å². The van der Waals surface area contributed by atoms with Crippen molar-refractivity contribution in [2.75, 3.05) is 0 Å². The van der Waals surface area contributed by atoms with Crippen molar-refractivity contribution in [3.05, 3.63) is 77.5 Å². The molecule has 0 saturated carbocycles. The number of hydrogen-bond donors (Lipinski definition) is 0. The van der Waals surface area contributed by atoms with Gasteiger partial charge in [0.1, 0.15) is 0 Å². The minimum absolute atomic E-state index is 0.509. The first-order chi connectivity index (χ1) is 12.1. The van der Waals surface area contributed by atoms with Crippen LogP contribution in [0.4, 0.5) is 0 Å². The van der Waals surface area contributed by atoms with E-state index in [2.05, 4.69) is 87.3 Å². The van der Waals surface area contributed by atoms with Crippen LogP contribution in [0.25, 0.3) is 32.8 Å². The van der Waals surface area contributed by atoms with E-state index in [1.807, 2.05) is 6.20 Å². The van der Waals surface area contributed by atoms with Crippen molar-refractivity contribution in [1.82, 2.24) is 4.98 Å². The van der Waals surface area contributed by atoms with E-state index >= 15 is 0 Å². The molecule has 0 N–H and O–H groups in total. The number of pyridine rings is 1. The number of benzene rings is 3. The quantitative estimate of drug-likeness (QED) is 0.369. The molecule has 1 nitrogen and oxygen atoms in total. The number of fused-ring (bicyclic) bond motifs is 3. The van der Waals surface area contributed by atoms with E-state index in [4.69, 9.17) is 0 Å². The summed E-state index contributed by atoms with van der Waals surface area (Å²) in [5.41, 5.74) is 6.29. The Bertz CT molecular complexity index is 1090. The average molecular weight is 325 g/mol. The zero-order valence-corrected chi connectivity index (χ0v) is 15.3. The van der Waals surface area contributed by atoms with Gasteiger partial charge < -0.3 is 0 Å². The Balaban J connectivity index is 1.99. The molecule has 3 aromatic carbocycles. The number of aromatic nitrogens is 1. The van der Waals surface area contributed by atoms with Crippen LogP contribution in [0.15, 0.2) is 60.8 Å². The molecule has 0 unspecified atom stereocenters. The molecule has 0 fully saturated rings. The third-order valence-electron chi connectivity index (χ3n) is 5.35. The first-order valence-corrected chi connectivity index (χ1v) is 8.94. The Morgan fingerprint density at radius 2 is 1.40 bits per heavy atom. The molecule has 4 aromatic rings. The maximum absolute atomic E-state index is 4.61. The molecular weight excluding hydrogens is 302 g/mol. The van der Waals surface area contributed by atoms with Gasteiger partial charge in [-0.1, -0.05) is 50.2 Å². The summed E-state index contributed by atoms with van der Waals surface area (Å²) in [6, 6.07) is 19.8. The molecule has 1 heteroatoms. The average Bonchev–Trinajstić information content (AvgIpc) is 2.66. The summed E-state index contributed by atoms with van der Waals surface area (Å²) in [6.07, 6.45) is 1.92. The highest BCUT2D eigenvalue weighted by Gasteiger charge is 2.10. The van der Waals surface area contributed by atoms with Gasteiger partial charge >= 0.3 is 0 Å². The molecule has 0 saturated heterocycles. The first-order valence-electron chi connectivity index (χ1n) is 8.94. The number of rotatable bonds is 2. The summed E-state index contributed by atoms with van der Waals surface area (Å²) in [6.45, 7) is 8.89. The Hall–Kier alpha value is -2.67. The van der Waals surface area contributed by atoms with Gasteiger partial charge in [-0.15, -0.1) is 0 Å². The molecule has 1 heterocycles. The van der Waals surface area contributed by atoms with Crippen molar-refractivity contribution >= 4 is 21.5 Å². The summed E-state index contributed by atoms with van der Waals surface area (Å²) < 4.78 is 0. The molecule has 25 heavy (non-hydrogen) atoms. The van der Waals surface area contributed by atoms with Gasteiger partial charge in [0.25, 0.3) is 0 Å². The number of nitrogens with zero attached hydrogens (tertiary/aromatic N) is 1. The largest absolute Gasteiger partial charge is 0.256 e. The molecule has 0 spiro atoms. The summed E-state index contributed by atoms with van der Waals surface area (Å²) in [4.78, 5) is 4.61. The lowest BCUT2D eigenvalue weighted by atomic mass is 9.91. The zero-order valence-electron chi connectivity index (χ0n) is 15.3. The maximum Gasteiger partial charge on any atom is 0.0705 e. The van der Waals surface area contributed by atoms with Gasteiger partial charge in [0.2, 0.25) is 0 Å². The van der Waals surface area contributed by atoms with E-state index in [1.165, 1.54) is 43.8 Å². The lowest BCUT2D eigenvalue weighted by Gasteiger charge is -2.14. The smallest absolute Gasteiger partial charge is 0.0705 e. The summed E-state index contributed by atoms with van der Waals surface area (Å²) in [5, 5.41) is 5.32. The third-order valence-corrected chi connectivity index (χ3v) is 5.35. The Morgan fingerprint density at radius 3 is 2.16 bits per heavy atom. The Labute approximate surface area is 149 Å². The third kappa shape index (κ3) is 2.60. The molecule has 0 amide bonds. The number of hydrogen-bond acceptors (Lipinski definition) is 1. The molecule has 0 radical (unpaired) electrons. The van der Waals surface area contributed by atoms with Crippen LogP contribution in [-0.2, 0) is 0 Å². The van der Waals surface area contributed by atoms with Crippen LogP contribution in [0.1, 0.15) is 36.5 Å². The summed E-state index contributed by atoms with van der Waals surface area (Å²) in [7, 11) is 0. The molecule has 124 valence electrons. The molecule has 0 aliphatic carbocycles. The van der Waals surface area contributed by atoms with Crippen molar-refractivity contribution in [3.63, 3.8) is 0 Å². The SMILES string of the molecule is Cc1c(C)c2cc(-c3cc(C(C)C)ccn3)ccc2c2ccccc12. The molecule has 0 aliphatic rings. The minimum Gasteiger partial charge on any atom is -0.256 e. The fourth-order valence-corrected chi connectivity index (χ4v) is 3.66. The fraction of sp³-hybridized carbons (Fsp3) is 0.208. The van der Waals surface area contributed by atoms with Gasteiger partial charge in [-0.2, -0.15) is 0 Å². The first kappa shape index (κ1) is 15.8. The van der Waals surface area contributed by atoms with Gasteiger partial charge in [0.05, 0.1) is 5.69 Å².